The monoisotopic (exact) mass is 592 g/mol. The van der Waals surface area contributed by atoms with Gasteiger partial charge in [-0.05, 0) is 54.5 Å². The molecular weight excluding hydrogens is 548 g/mol. The van der Waals surface area contributed by atoms with Crippen LogP contribution >= 0.6 is 0 Å². The van der Waals surface area contributed by atoms with Crippen molar-refractivity contribution in [3.63, 3.8) is 0 Å². The SMILES string of the molecule is CCCC(N1CCOCC1)n1c(C(N)=O)c(C(c2ccccc2)c2ccccc2)c2cc(CCCN3CCCC3=O)ccc21. The summed E-state index contributed by atoms with van der Waals surface area (Å²) in [6.07, 6.45) is 5.26. The molecule has 7 nitrogen and oxygen atoms in total. The number of aromatic nitrogens is 1. The van der Waals surface area contributed by atoms with E-state index in [1.54, 1.807) is 0 Å². The summed E-state index contributed by atoms with van der Waals surface area (Å²) < 4.78 is 7.96. The molecule has 230 valence electrons. The molecule has 0 aliphatic carbocycles. The first kappa shape index (κ1) is 30.1. The maximum atomic E-state index is 13.7. The predicted octanol–water partition coefficient (Wildman–Crippen LogP) is 6.11. The van der Waals surface area contributed by atoms with Crippen LogP contribution in [0.4, 0.5) is 0 Å². The van der Waals surface area contributed by atoms with Gasteiger partial charge in [0.2, 0.25) is 5.91 Å². The Balaban J connectivity index is 1.54. The molecule has 44 heavy (non-hydrogen) atoms. The van der Waals surface area contributed by atoms with Crippen molar-refractivity contribution in [3.8, 4) is 0 Å². The van der Waals surface area contributed by atoms with E-state index in [0.717, 1.165) is 85.9 Å². The van der Waals surface area contributed by atoms with Crippen LogP contribution in [0.3, 0.4) is 0 Å². The molecule has 1 aromatic heterocycles. The van der Waals surface area contributed by atoms with Crippen LogP contribution in [0.15, 0.2) is 78.9 Å². The van der Waals surface area contributed by atoms with Gasteiger partial charge in [-0.2, -0.15) is 0 Å². The number of nitrogens with two attached hydrogens (primary N) is 1. The molecule has 2 N–H and O–H groups in total. The van der Waals surface area contributed by atoms with Gasteiger partial charge in [-0.25, -0.2) is 0 Å². The van der Waals surface area contributed by atoms with Crippen LogP contribution in [-0.4, -0.2) is 65.6 Å². The molecule has 0 saturated carbocycles. The molecule has 2 aliphatic heterocycles. The number of amides is 2. The summed E-state index contributed by atoms with van der Waals surface area (Å²) in [6, 6.07) is 27.6. The number of primary amides is 1. The lowest BCUT2D eigenvalue weighted by Crippen LogP contribution is -2.42. The minimum Gasteiger partial charge on any atom is -0.379 e. The molecule has 0 spiro atoms. The van der Waals surface area contributed by atoms with Crippen molar-refractivity contribution in [2.75, 3.05) is 39.4 Å². The van der Waals surface area contributed by atoms with Gasteiger partial charge in [-0.1, -0.05) is 80.1 Å². The fourth-order valence-electron chi connectivity index (χ4n) is 7.24. The Morgan fingerprint density at radius 1 is 0.932 bits per heavy atom. The van der Waals surface area contributed by atoms with Crippen molar-refractivity contribution in [1.82, 2.24) is 14.4 Å². The lowest BCUT2D eigenvalue weighted by atomic mass is 9.83. The first-order chi connectivity index (χ1) is 21.6. The molecule has 4 aromatic rings. The van der Waals surface area contributed by atoms with E-state index in [9.17, 15) is 9.59 Å². The zero-order chi connectivity index (χ0) is 30.5. The normalized spacial score (nSPS) is 16.7. The number of carbonyl (C=O) groups excluding carboxylic acids is 2. The van der Waals surface area contributed by atoms with Crippen LogP contribution in [0.5, 0.6) is 0 Å². The summed E-state index contributed by atoms with van der Waals surface area (Å²) in [5.74, 6) is -0.311. The largest absolute Gasteiger partial charge is 0.379 e. The van der Waals surface area contributed by atoms with Crippen LogP contribution < -0.4 is 5.73 Å². The maximum absolute atomic E-state index is 13.7. The van der Waals surface area contributed by atoms with Gasteiger partial charge in [-0.15, -0.1) is 0 Å². The number of nitrogens with zero attached hydrogens (tertiary/aromatic N) is 3. The van der Waals surface area contributed by atoms with E-state index in [2.05, 4.69) is 83.1 Å². The van der Waals surface area contributed by atoms with Crippen molar-refractivity contribution in [2.24, 2.45) is 5.73 Å². The number of carbonyl (C=O) groups is 2. The Morgan fingerprint density at radius 3 is 2.20 bits per heavy atom. The Labute approximate surface area is 260 Å². The standard InChI is InChI=1S/C37H44N4O3/c1-2-11-32(39-22-24-44-25-23-39)41-31-19-18-27(12-9-20-40-21-10-17-33(40)42)26-30(31)35(36(41)37(38)43)34(28-13-5-3-6-14-28)29-15-7-4-8-16-29/h3-8,13-16,18-19,26,32,34H,2,9-12,17,20-25H2,1H3,(H2,38,43). The second-order valence-electron chi connectivity index (χ2n) is 12.1. The summed E-state index contributed by atoms with van der Waals surface area (Å²) in [5.41, 5.74) is 12.4. The minimum atomic E-state index is -0.406. The molecule has 0 radical (unpaired) electrons. The highest BCUT2D eigenvalue weighted by Gasteiger charge is 2.34. The number of rotatable bonds is 12. The van der Waals surface area contributed by atoms with Gasteiger partial charge in [0.15, 0.2) is 0 Å². The van der Waals surface area contributed by atoms with Gasteiger partial charge in [0, 0.05) is 49.5 Å². The summed E-state index contributed by atoms with van der Waals surface area (Å²) in [6.45, 7) is 6.82. The summed E-state index contributed by atoms with van der Waals surface area (Å²) in [4.78, 5) is 30.4. The lowest BCUT2D eigenvalue weighted by molar-refractivity contribution is -0.127. The molecule has 2 saturated heterocycles. The average molecular weight is 593 g/mol. The zero-order valence-corrected chi connectivity index (χ0v) is 25.8. The molecular formula is C37H44N4O3. The molecule has 1 unspecified atom stereocenters. The number of morpholine rings is 1. The van der Waals surface area contributed by atoms with Crippen molar-refractivity contribution in [2.45, 2.75) is 57.5 Å². The third kappa shape index (κ3) is 6.17. The number of hydrogen-bond donors (Lipinski definition) is 1. The van der Waals surface area contributed by atoms with Crippen molar-refractivity contribution < 1.29 is 14.3 Å². The van der Waals surface area contributed by atoms with Crippen LogP contribution in [0.25, 0.3) is 10.9 Å². The highest BCUT2D eigenvalue weighted by molar-refractivity contribution is 6.02. The third-order valence-corrected chi connectivity index (χ3v) is 9.27. The first-order valence-corrected chi connectivity index (χ1v) is 16.2. The number of fused-ring (bicyclic) bond motifs is 1. The Kier molecular flexibility index (Phi) is 9.43. The Hall–Kier alpha value is -3.94. The van der Waals surface area contributed by atoms with Crippen LogP contribution in [0.2, 0.25) is 0 Å². The van der Waals surface area contributed by atoms with E-state index in [1.807, 2.05) is 17.0 Å². The van der Waals surface area contributed by atoms with Crippen LogP contribution in [0.1, 0.15) is 83.9 Å². The highest BCUT2D eigenvalue weighted by atomic mass is 16.5. The number of hydrogen-bond acceptors (Lipinski definition) is 4. The van der Waals surface area contributed by atoms with E-state index in [-0.39, 0.29) is 18.0 Å². The molecule has 6 rings (SSSR count). The van der Waals surface area contributed by atoms with Gasteiger partial charge >= 0.3 is 0 Å². The molecule has 2 fully saturated rings. The first-order valence-electron chi connectivity index (χ1n) is 16.2. The molecule has 2 aliphatic rings. The highest BCUT2D eigenvalue weighted by Crippen LogP contribution is 2.43. The second kappa shape index (κ2) is 13.8. The third-order valence-electron chi connectivity index (χ3n) is 9.27. The number of ether oxygens (including phenoxy) is 1. The van der Waals surface area contributed by atoms with E-state index >= 15 is 0 Å². The Bertz CT molecular complexity index is 1540. The van der Waals surface area contributed by atoms with Gasteiger partial charge in [0.25, 0.3) is 5.91 Å². The zero-order valence-electron chi connectivity index (χ0n) is 25.8. The quantitative estimate of drug-likeness (QED) is 0.215. The van der Waals surface area contributed by atoms with Gasteiger partial charge < -0.3 is 19.9 Å². The van der Waals surface area contributed by atoms with Gasteiger partial charge in [0.05, 0.1) is 24.9 Å². The average Bonchev–Trinajstić information content (AvgIpc) is 3.62. The molecule has 3 heterocycles. The summed E-state index contributed by atoms with van der Waals surface area (Å²) in [7, 11) is 0. The molecule has 7 heteroatoms. The topological polar surface area (TPSA) is 80.8 Å². The molecule has 1 atom stereocenters. The molecule has 2 amide bonds. The van der Waals surface area contributed by atoms with E-state index in [0.29, 0.717) is 25.3 Å². The lowest BCUT2D eigenvalue weighted by Gasteiger charge is -2.36. The fraction of sp³-hybridized carbons (Fsp3) is 0.405. The van der Waals surface area contributed by atoms with Crippen molar-refractivity contribution in [1.29, 1.82) is 0 Å². The second-order valence-corrected chi connectivity index (χ2v) is 12.1. The molecule has 3 aromatic carbocycles. The van der Waals surface area contributed by atoms with E-state index in [1.165, 1.54) is 5.56 Å². The van der Waals surface area contributed by atoms with Gasteiger partial charge in [-0.3, -0.25) is 14.5 Å². The van der Waals surface area contributed by atoms with Gasteiger partial charge in [0.1, 0.15) is 5.69 Å². The predicted molar refractivity (Wildman–Crippen MR) is 175 cm³/mol. The van der Waals surface area contributed by atoms with E-state index in [4.69, 9.17) is 10.5 Å². The summed E-state index contributed by atoms with van der Waals surface area (Å²) >= 11 is 0. The van der Waals surface area contributed by atoms with Crippen LogP contribution in [0, 0.1) is 0 Å². The fourth-order valence-corrected chi connectivity index (χ4v) is 7.24. The number of aryl methyl sites for hydroxylation is 1. The van der Waals surface area contributed by atoms with E-state index < -0.39 is 5.91 Å². The minimum absolute atomic E-state index is 0.0122. The number of likely N-dealkylation sites (tertiary alicyclic amines) is 1. The smallest absolute Gasteiger partial charge is 0.265 e. The van der Waals surface area contributed by atoms with Crippen molar-refractivity contribution in [3.05, 3.63) is 107 Å². The molecule has 0 bridgehead atoms. The Morgan fingerprint density at radius 2 is 1.61 bits per heavy atom. The van der Waals surface area contributed by atoms with Crippen molar-refractivity contribution >= 4 is 22.7 Å². The number of benzene rings is 3. The van der Waals surface area contributed by atoms with Crippen LogP contribution in [-0.2, 0) is 16.0 Å². The summed E-state index contributed by atoms with van der Waals surface area (Å²) in [5, 5.41) is 1.07. The maximum Gasteiger partial charge on any atom is 0.265 e.